The van der Waals surface area contributed by atoms with E-state index in [9.17, 15) is 4.79 Å². The van der Waals surface area contributed by atoms with Gasteiger partial charge >= 0.3 is 0 Å². The zero-order chi connectivity index (χ0) is 19.0. The molecule has 0 aliphatic heterocycles. The molecule has 0 spiro atoms. The summed E-state index contributed by atoms with van der Waals surface area (Å²) in [7, 11) is 1.62. The van der Waals surface area contributed by atoms with Crippen molar-refractivity contribution in [3.8, 4) is 5.75 Å². The monoisotopic (exact) mass is 383 g/mol. The van der Waals surface area contributed by atoms with Crippen LogP contribution in [0.5, 0.6) is 5.75 Å². The Balaban J connectivity index is 2.07. The van der Waals surface area contributed by atoms with Crippen molar-refractivity contribution in [3.63, 3.8) is 0 Å². The maximum Gasteiger partial charge on any atom is 0.256 e. The lowest BCUT2D eigenvalue weighted by atomic mass is 9.78. The fourth-order valence-electron chi connectivity index (χ4n) is 3.38. The van der Waals surface area contributed by atoms with Gasteiger partial charge in [0.05, 0.1) is 11.6 Å². The van der Waals surface area contributed by atoms with Crippen molar-refractivity contribution in [2.24, 2.45) is 5.92 Å². The lowest BCUT2D eigenvalue weighted by Crippen LogP contribution is -2.48. The molecule has 0 bridgehead atoms. The number of methoxy groups -OCH3 is 1. The van der Waals surface area contributed by atoms with E-state index >= 15 is 0 Å². The summed E-state index contributed by atoms with van der Waals surface area (Å²) >= 11 is 6.27. The highest BCUT2D eigenvalue weighted by Gasteiger charge is 2.42. The number of ether oxygens (including phenoxy) is 3. The summed E-state index contributed by atoms with van der Waals surface area (Å²) in [5.74, 6) is 0.970. The number of amides is 1. The van der Waals surface area contributed by atoms with Gasteiger partial charge in [-0.25, -0.2) is 0 Å². The Morgan fingerprint density at radius 3 is 2.81 bits per heavy atom. The minimum atomic E-state index is -0.742. The largest absolute Gasteiger partial charge is 0.490 e. The summed E-state index contributed by atoms with van der Waals surface area (Å²) in [6.07, 6.45) is 4.55. The third kappa shape index (κ3) is 5.60. The van der Waals surface area contributed by atoms with Gasteiger partial charge in [0.25, 0.3) is 5.91 Å². The molecule has 0 unspecified atom stereocenters. The lowest BCUT2D eigenvalue weighted by molar-refractivity contribution is -0.148. The van der Waals surface area contributed by atoms with Gasteiger partial charge in [0.2, 0.25) is 0 Å². The molecule has 1 aromatic carbocycles. The summed E-state index contributed by atoms with van der Waals surface area (Å²) in [4.78, 5) is 13.0. The van der Waals surface area contributed by atoms with Crippen molar-refractivity contribution in [1.29, 1.82) is 0 Å². The number of carbonyl (C=O) groups excluding carboxylic acids is 1. The van der Waals surface area contributed by atoms with Crippen LogP contribution in [0.1, 0.15) is 46.0 Å². The number of hydrogen-bond acceptors (Lipinski definition) is 4. The van der Waals surface area contributed by atoms with Gasteiger partial charge in [0.15, 0.2) is 0 Å². The van der Waals surface area contributed by atoms with E-state index in [0.29, 0.717) is 42.2 Å². The van der Waals surface area contributed by atoms with Crippen LogP contribution in [0.3, 0.4) is 0 Å². The van der Waals surface area contributed by atoms with E-state index in [0.717, 1.165) is 32.1 Å². The maximum atomic E-state index is 13.0. The van der Waals surface area contributed by atoms with Gasteiger partial charge in [-0.3, -0.25) is 4.79 Å². The van der Waals surface area contributed by atoms with Crippen LogP contribution in [0.15, 0.2) is 18.2 Å². The van der Waals surface area contributed by atoms with Gasteiger partial charge < -0.3 is 19.5 Å². The Bertz CT molecular complexity index is 595. The first-order valence-corrected chi connectivity index (χ1v) is 9.75. The number of halogens is 1. The van der Waals surface area contributed by atoms with Gasteiger partial charge in [0.1, 0.15) is 18.0 Å². The predicted octanol–water partition coefficient (Wildman–Crippen LogP) is 4.68. The second-order valence-corrected chi connectivity index (χ2v) is 7.39. The van der Waals surface area contributed by atoms with Crippen LogP contribution in [0.25, 0.3) is 0 Å². The van der Waals surface area contributed by atoms with Crippen molar-refractivity contribution in [1.82, 2.24) is 0 Å². The van der Waals surface area contributed by atoms with Crippen LogP contribution in [0, 0.1) is 5.92 Å². The Hall–Kier alpha value is -1.30. The summed E-state index contributed by atoms with van der Waals surface area (Å²) < 4.78 is 16.6. The number of anilines is 1. The fraction of sp³-hybridized carbons (Fsp3) is 0.650. The Morgan fingerprint density at radius 2 is 2.15 bits per heavy atom. The van der Waals surface area contributed by atoms with Crippen molar-refractivity contribution in [2.75, 3.05) is 32.2 Å². The Kier molecular flexibility index (Phi) is 8.19. The van der Waals surface area contributed by atoms with E-state index in [4.69, 9.17) is 25.8 Å². The Labute approximate surface area is 161 Å². The van der Waals surface area contributed by atoms with E-state index in [1.807, 2.05) is 0 Å². The summed E-state index contributed by atoms with van der Waals surface area (Å²) in [6.45, 7) is 5.74. The van der Waals surface area contributed by atoms with Crippen LogP contribution in [0.4, 0.5) is 5.69 Å². The van der Waals surface area contributed by atoms with Gasteiger partial charge in [-0.2, -0.15) is 0 Å². The van der Waals surface area contributed by atoms with Crippen molar-refractivity contribution >= 4 is 23.2 Å². The molecule has 1 N–H and O–H groups in total. The predicted molar refractivity (Wildman–Crippen MR) is 104 cm³/mol. The van der Waals surface area contributed by atoms with Crippen molar-refractivity contribution in [2.45, 2.75) is 51.6 Å². The molecule has 146 valence electrons. The molecule has 0 radical (unpaired) electrons. The fourth-order valence-corrected chi connectivity index (χ4v) is 3.61. The number of rotatable bonds is 9. The third-order valence-corrected chi connectivity index (χ3v) is 4.98. The van der Waals surface area contributed by atoms with Crippen molar-refractivity contribution < 1.29 is 19.0 Å². The molecule has 1 aliphatic rings. The normalized spacial score (nSPS) is 22.8. The van der Waals surface area contributed by atoms with Gasteiger partial charge in [-0.15, -0.1) is 0 Å². The molecule has 5 nitrogen and oxygen atoms in total. The highest BCUT2D eigenvalue weighted by atomic mass is 35.5. The van der Waals surface area contributed by atoms with E-state index in [1.165, 1.54) is 0 Å². The topological polar surface area (TPSA) is 56.8 Å². The summed E-state index contributed by atoms with van der Waals surface area (Å²) in [5, 5.41) is 3.45. The molecule has 1 aliphatic carbocycles. The molecule has 2 rings (SSSR count). The number of benzene rings is 1. The molecule has 1 saturated carbocycles. The highest BCUT2D eigenvalue weighted by molar-refractivity contribution is 6.32. The van der Waals surface area contributed by atoms with Gasteiger partial charge in [0, 0.05) is 19.4 Å². The number of hydrogen-bond donors (Lipinski definition) is 1. The average molecular weight is 384 g/mol. The quantitative estimate of drug-likeness (QED) is 0.629. The standard InChI is InChI=1S/C20H30ClNO4/c1-4-10-26-20(9-5-6-15(2)14-20)19(23)22-16-7-8-18(17(21)13-16)25-12-11-24-3/h7-8,13,15H,4-6,9-12,14H2,1-3H3,(H,22,23)/t15-,20+/m1/s1. The SMILES string of the molecule is CCCO[C@@]1(C(=O)Nc2ccc(OCCOC)c(Cl)c2)CCC[C@@H](C)C1. The molecule has 1 aromatic rings. The molecule has 1 fully saturated rings. The van der Waals surface area contributed by atoms with Crippen LogP contribution >= 0.6 is 11.6 Å². The van der Waals surface area contributed by atoms with Crippen LogP contribution < -0.4 is 10.1 Å². The van der Waals surface area contributed by atoms with E-state index in [2.05, 4.69) is 19.2 Å². The number of nitrogens with one attached hydrogen (secondary N) is 1. The smallest absolute Gasteiger partial charge is 0.256 e. The van der Waals surface area contributed by atoms with Crippen LogP contribution in [-0.2, 0) is 14.3 Å². The van der Waals surface area contributed by atoms with Crippen molar-refractivity contribution in [3.05, 3.63) is 23.2 Å². The van der Waals surface area contributed by atoms with Gasteiger partial charge in [-0.1, -0.05) is 31.9 Å². The molecule has 1 amide bonds. The zero-order valence-electron chi connectivity index (χ0n) is 16.0. The summed E-state index contributed by atoms with van der Waals surface area (Å²) in [6, 6.07) is 5.27. The number of carbonyl (C=O) groups is 1. The first kappa shape index (κ1) is 21.0. The second kappa shape index (κ2) is 10.1. The lowest BCUT2D eigenvalue weighted by Gasteiger charge is -2.38. The van der Waals surface area contributed by atoms with E-state index in [-0.39, 0.29) is 5.91 Å². The molecular formula is C20H30ClNO4. The average Bonchev–Trinajstić information content (AvgIpc) is 2.62. The van der Waals surface area contributed by atoms with Crippen LogP contribution in [0.2, 0.25) is 5.02 Å². The van der Waals surface area contributed by atoms with E-state index < -0.39 is 5.60 Å². The highest BCUT2D eigenvalue weighted by Crippen LogP contribution is 2.37. The molecule has 26 heavy (non-hydrogen) atoms. The third-order valence-electron chi connectivity index (χ3n) is 4.69. The van der Waals surface area contributed by atoms with E-state index in [1.54, 1.807) is 25.3 Å². The zero-order valence-corrected chi connectivity index (χ0v) is 16.7. The minimum absolute atomic E-state index is 0.0818. The molecular weight excluding hydrogens is 354 g/mol. The summed E-state index contributed by atoms with van der Waals surface area (Å²) in [5.41, 5.74) is -0.0925. The molecule has 2 atom stereocenters. The second-order valence-electron chi connectivity index (χ2n) is 6.98. The molecule has 0 saturated heterocycles. The maximum absolute atomic E-state index is 13.0. The Morgan fingerprint density at radius 1 is 1.35 bits per heavy atom. The van der Waals surface area contributed by atoms with Crippen LogP contribution in [-0.4, -0.2) is 38.4 Å². The first-order valence-electron chi connectivity index (χ1n) is 9.37. The first-order chi connectivity index (χ1) is 12.5. The van der Waals surface area contributed by atoms with Gasteiger partial charge in [-0.05, 0) is 49.8 Å². The molecule has 6 heteroatoms. The molecule has 0 aromatic heterocycles. The minimum Gasteiger partial charge on any atom is -0.490 e. The molecule has 0 heterocycles.